The van der Waals surface area contributed by atoms with Crippen molar-refractivity contribution in [3.8, 4) is 0 Å². The monoisotopic (exact) mass is 573 g/mol. The van der Waals surface area contributed by atoms with Crippen molar-refractivity contribution in [1.82, 2.24) is 19.7 Å². The normalized spacial score (nSPS) is 27.0. The summed E-state index contributed by atoms with van der Waals surface area (Å²) in [6, 6.07) is 4.41. The smallest absolute Gasteiger partial charge is 0.359 e. The Bertz CT molecular complexity index is 1410. The van der Waals surface area contributed by atoms with Crippen LogP contribution in [-0.2, 0) is 20.5 Å². The number of benzene rings is 1. The number of aryl methyl sites for hydroxylation is 1. The molecule has 38 heavy (non-hydrogen) atoms. The summed E-state index contributed by atoms with van der Waals surface area (Å²) >= 11 is 6.19. The minimum Gasteiger partial charge on any atom is -0.393 e. The number of anilines is 1. The molecule has 1 aliphatic carbocycles. The van der Waals surface area contributed by atoms with Crippen molar-refractivity contribution >= 4 is 36.0 Å². The molecule has 3 aromatic rings. The van der Waals surface area contributed by atoms with Crippen LogP contribution < -0.4 is 5.32 Å². The van der Waals surface area contributed by atoms with E-state index in [1.54, 1.807) is 6.07 Å². The molecule has 0 spiro atoms. The van der Waals surface area contributed by atoms with Gasteiger partial charge in [0.25, 0.3) is 0 Å². The molecule has 1 fully saturated rings. The van der Waals surface area contributed by atoms with Crippen molar-refractivity contribution in [1.29, 1.82) is 0 Å². The number of ether oxygens (including phenoxy) is 2. The lowest BCUT2D eigenvalue weighted by atomic mass is 10.1. The summed E-state index contributed by atoms with van der Waals surface area (Å²) in [5.41, 5.74) is 2.01. The van der Waals surface area contributed by atoms with Gasteiger partial charge in [0, 0.05) is 0 Å². The predicted octanol–water partition coefficient (Wildman–Crippen LogP) is 1.24. The Balaban J connectivity index is 1.39. The number of halogens is 2. The van der Waals surface area contributed by atoms with Crippen molar-refractivity contribution in [2.75, 3.05) is 18.5 Å². The van der Waals surface area contributed by atoms with E-state index in [2.05, 4.69) is 20.4 Å². The SMILES string of the molecule is C[C@](CO)(OC[C@H]1O[C@@H](n2ncc3c(N[C@@H]4CCc5ccc(F)cc54)nc(Cl)nc32)[C@H](O)[C@@H]1O)P(=O)(O)O. The van der Waals surface area contributed by atoms with E-state index < -0.39 is 50.7 Å². The summed E-state index contributed by atoms with van der Waals surface area (Å²) < 4.78 is 37.7. The number of rotatable bonds is 8. The van der Waals surface area contributed by atoms with E-state index >= 15 is 0 Å². The number of aromatic nitrogens is 4. The molecule has 6 N–H and O–H groups in total. The number of fused-ring (bicyclic) bond motifs is 2. The fraction of sp³-hybridized carbons (Fsp3) is 0.500. The fourth-order valence-corrected chi connectivity index (χ4v) is 5.23. The third kappa shape index (κ3) is 4.81. The Morgan fingerprint density at radius 2 is 2.08 bits per heavy atom. The van der Waals surface area contributed by atoms with Gasteiger partial charge in [-0.3, -0.25) is 4.57 Å². The van der Waals surface area contributed by atoms with Crippen LogP contribution in [0.2, 0.25) is 5.28 Å². The first-order valence-electron chi connectivity index (χ1n) is 11.7. The Morgan fingerprint density at radius 3 is 2.79 bits per heavy atom. The lowest BCUT2D eigenvalue weighted by Gasteiger charge is -2.29. The maximum atomic E-state index is 13.9. The summed E-state index contributed by atoms with van der Waals surface area (Å²) in [7, 11) is -4.87. The largest absolute Gasteiger partial charge is 0.393 e. The third-order valence-electron chi connectivity index (χ3n) is 6.97. The van der Waals surface area contributed by atoms with Crippen LogP contribution in [0.15, 0.2) is 24.4 Å². The number of aliphatic hydroxyl groups is 3. The molecule has 1 aliphatic heterocycles. The molecular formula is C22H26ClFN5O8P. The molecule has 2 aliphatic rings. The molecule has 206 valence electrons. The number of hydrogen-bond donors (Lipinski definition) is 6. The molecular weight excluding hydrogens is 548 g/mol. The summed E-state index contributed by atoms with van der Waals surface area (Å²) in [6.07, 6.45) is -2.61. The standard InChI is InChI=1S/C22H26ClFN5O8P/c1-22(9-30,38(33,34)35)36-8-15-16(31)17(32)20(37-15)29-19-13(7-25-29)18(27-21(23)28-19)26-14-5-3-10-2-4-11(24)6-12(10)14/h2,4,6-7,14-17,20,30-32H,3,5,8-9H2,1H3,(H,26,27,28)(H2,33,34,35)/t14-,15-,16-,17-,20-,22+/m1/s1. The van der Waals surface area contributed by atoms with E-state index in [0.29, 0.717) is 17.6 Å². The van der Waals surface area contributed by atoms with Crippen LogP contribution in [0, 0.1) is 5.82 Å². The van der Waals surface area contributed by atoms with Crippen molar-refractivity contribution < 1.29 is 43.5 Å². The summed E-state index contributed by atoms with van der Waals surface area (Å²) in [5, 5.41) is 36.2. The van der Waals surface area contributed by atoms with E-state index in [-0.39, 0.29) is 22.8 Å². The van der Waals surface area contributed by atoms with E-state index in [4.69, 9.17) is 21.1 Å². The highest BCUT2D eigenvalue weighted by Crippen LogP contribution is 2.51. The van der Waals surface area contributed by atoms with Gasteiger partial charge in [-0.05, 0) is 54.6 Å². The van der Waals surface area contributed by atoms with Gasteiger partial charge in [-0.25, -0.2) is 9.07 Å². The summed E-state index contributed by atoms with van der Waals surface area (Å²) in [6.45, 7) is -0.510. The number of nitrogens with zero attached hydrogens (tertiary/aromatic N) is 4. The minimum atomic E-state index is -4.87. The molecule has 13 nitrogen and oxygen atoms in total. The van der Waals surface area contributed by atoms with Gasteiger partial charge in [0.2, 0.25) is 5.28 Å². The molecule has 5 rings (SSSR count). The maximum absolute atomic E-state index is 13.9. The topological polar surface area (TPSA) is 192 Å². The van der Waals surface area contributed by atoms with Crippen LogP contribution in [0.1, 0.15) is 36.7 Å². The second-order valence-corrected chi connectivity index (χ2v) is 11.9. The molecule has 0 bridgehead atoms. The summed E-state index contributed by atoms with van der Waals surface area (Å²) in [4.78, 5) is 27.4. The van der Waals surface area contributed by atoms with Crippen LogP contribution in [-0.4, -0.2) is 81.7 Å². The van der Waals surface area contributed by atoms with E-state index in [1.807, 2.05) is 0 Å². The fourth-order valence-electron chi connectivity index (χ4n) is 4.64. The first-order valence-corrected chi connectivity index (χ1v) is 13.7. The van der Waals surface area contributed by atoms with Gasteiger partial charge in [0.15, 0.2) is 17.2 Å². The van der Waals surface area contributed by atoms with Gasteiger partial charge in [-0.15, -0.1) is 0 Å². The Hall–Kier alpha value is -2.26. The lowest BCUT2D eigenvalue weighted by molar-refractivity contribution is -0.104. The molecule has 0 amide bonds. The van der Waals surface area contributed by atoms with Gasteiger partial charge in [0.1, 0.15) is 29.9 Å². The third-order valence-corrected chi connectivity index (χ3v) is 8.64. The van der Waals surface area contributed by atoms with Crippen molar-refractivity contribution in [2.24, 2.45) is 0 Å². The van der Waals surface area contributed by atoms with Gasteiger partial charge in [-0.1, -0.05) is 6.07 Å². The second kappa shape index (κ2) is 10.0. The van der Waals surface area contributed by atoms with Crippen LogP contribution in [0.3, 0.4) is 0 Å². The number of hydrogen-bond acceptors (Lipinski definition) is 10. The number of aliphatic hydroxyl groups excluding tert-OH is 3. The second-order valence-electron chi connectivity index (χ2n) is 9.48. The summed E-state index contributed by atoms with van der Waals surface area (Å²) in [5.74, 6) is -0.0117. The molecule has 1 saturated heterocycles. The molecule has 0 saturated carbocycles. The Labute approximate surface area is 220 Å². The molecule has 1 aromatic carbocycles. The van der Waals surface area contributed by atoms with Crippen molar-refractivity contribution in [2.45, 2.75) is 55.7 Å². The molecule has 0 unspecified atom stereocenters. The van der Waals surface area contributed by atoms with Crippen molar-refractivity contribution in [3.05, 3.63) is 46.6 Å². The van der Waals surface area contributed by atoms with Crippen LogP contribution in [0.25, 0.3) is 11.0 Å². The molecule has 16 heteroatoms. The molecule has 0 radical (unpaired) electrons. The molecule has 3 heterocycles. The zero-order chi connectivity index (χ0) is 27.4. The first kappa shape index (κ1) is 27.3. The van der Waals surface area contributed by atoms with E-state index in [1.165, 1.54) is 23.0 Å². The van der Waals surface area contributed by atoms with E-state index in [9.17, 15) is 34.1 Å². The van der Waals surface area contributed by atoms with Gasteiger partial charge < -0.3 is 39.9 Å². The van der Waals surface area contributed by atoms with Crippen LogP contribution in [0.5, 0.6) is 0 Å². The van der Waals surface area contributed by atoms with Crippen molar-refractivity contribution in [3.63, 3.8) is 0 Å². The zero-order valence-electron chi connectivity index (χ0n) is 20.0. The quantitative estimate of drug-likeness (QED) is 0.167. The van der Waals surface area contributed by atoms with Gasteiger partial charge in [-0.2, -0.15) is 15.1 Å². The average Bonchev–Trinajstić information content (AvgIpc) is 3.53. The zero-order valence-corrected chi connectivity index (χ0v) is 21.6. The highest BCUT2D eigenvalue weighted by molar-refractivity contribution is 7.53. The first-order chi connectivity index (χ1) is 17.9. The average molecular weight is 574 g/mol. The lowest BCUT2D eigenvalue weighted by Crippen LogP contribution is -2.39. The predicted molar refractivity (Wildman–Crippen MR) is 131 cm³/mol. The molecule has 6 atom stereocenters. The Morgan fingerprint density at radius 1 is 1.32 bits per heavy atom. The van der Waals surface area contributed by atoms with Crippen LogP contribution in [0.4, 0.5) is 10.2 Å². The number of nitrogens with one attached hydrogen (secondary N) is 1. The molecule has 2 aromatic heterocycles. The van der Waals surface area contributed by atoms with Gasteiger partial charge >= 0.3 is 7.60 Å². The maximum Gasteiger partial charge on any atom is 0.359 e. The van der Waals surface area contributed by atoms with Gasteiger partial charge in [0.05, 0.1) is 30.8 Å². The highest BCUT2D eigenvalue weighted by atomic mass is 35.5. The van der Waals surface area contributed by atoms with Crippen LogP contribution >= 0.6 is 19.2 Å². The minimum absolute atomic E-state index is 0.132. The van der Waals surface area contributed by atoms with E-state index in [0.717, 1.165) is 24.5 Å². The highest BCUT2D eigenvalue weighted by Gasteiger charge is 2.48. The Kier molecular flexibility index (Phi) is 7.22.